The minimum atomic E-state index is -0.317. The average Bonchev–Trinajstić information content (AvgIpc) is 2.64. The molecule has 2 aromatic carbocycles. The molecule has 0 radical (unpaired) electrons. The first-order valence-electron chi connectivity index (χ1n) is 7.48. The lowest BCUT2D eigenvalue weighted by Gasteiger charge is -2.13. The predicted octanol–water partition coefficient (Wildman–Crippen LogP) is 3.98. The highest BCUT2D eigenvalue weighted by Crippen LogP contribution is 2.26. The van der Waals surface area contributed by atoms with Gasteiger partial charge in [0, 0.05) is 20.7 Å². The van der Waals surface area contributed by atoms with Gasteiger partial charge in [0.2, 0.25) is 0 Å². The third-order valence-corrected chi connectivity index (χ3v) is 4.17. The van der Waals surface area contributed by atoms with Gasteiger partial charge in [0.25, 0.3) is 5.91 Å². The van der Waals surface area contributed by atoms with Crippen LogP contribution in [0.5, 0.6) is 0 Å². The summed E-state index contributed by atoms with van der Waals surface area (Å²) in [7, 11) is 0. The van der Waals surface area contributed by atoms with Crippen molar-refractivity contribution in [3.05, 3.63) is 69.9 Å². The molecule has 9 heteroatoms. The number of hydrogen-bond donors (Lipinski definition) is 4. The molecule has 1 amide bonds. The number of anilines is 4. The molecule has 1 aromatic heterocycles. The fraction of sp³-hybridized carbons (Fsp3) is 0. The average molecular weight is 434 g/mol. The number of halogens is 2. The number of amides is 1. The molecular weight excluding hydrogens is 420 g/mol. The van der Waals surface area contributed by atoms with E-state index < -0.39 is 0 Å². The van der Waals surface area contributed by atoms with Crippen LogP contribution in [0, 0.1) is 0 Å². The molecule has 3 rings (SSSR count). The second kappa shape index (κ2) is 8.03. The third kappa shape index (κ3) is 4.41. The van der Waals surface area contributed by atoms with Crippen molar-refractivity contribution in [2.24, 2.45) is 0 Å². The lowest BCUT2D eigenvalue weighted by Crippen LogP contribution is -2.30. The second-order valence-corrected chi connectivity index (χ2v) is 6.55. The van der Waals surface area contributed by atoms with Gasteiger partial charge in [-0.05, 0) is 48.5 Å². The SMILES string of the molecule is Nc1c(NNC(=O)c2ccc(Br)cc2)ncnc1Nc1ccc(Cl)cc1. The van der Waals surface area contributed by atoms with E-state index in [2.05, 4.69) is 42.1 Å². The molecule has 7 nitrogen and oxygen atoms in total. The molecule has 0 unspecified atom stereocenters. The Morgan fingerprint density at radius 1 is 1.00 bits per heavy atom. The zero-order valence-corrected chi connectivity index (χ0v) is 15.7. The highest BCUT2D eigenvalue weighted by atomic mass is 79.9. The number of nitrogens with two attached hydrogens (primary N) is 1. The standard InChI is InChI=1S/C17H14BrClN6O/c18-11-3-1-10(2-4-11)17(26)25-24-16-14(20)15(21-9-22-16)23-13-7-5-12(19)6-8-13/h1-9H,20H2,(H,25,26)(H2,21,22,23,24). The first-order valence-corrected chi connectivity index (χ1v) is 8.65. The van der Waals surface area contributed by atoms with Crippen molar-refractivity contribution in [2.45, 2.75) is 0 Å². The Labute approximate surface area is 163 Å². The molecule has 3 aromatic rings. The molecule has 5 N–H and O–H groups in total. The van der Waals surface area contributed by atoms with E-state index in [4.69, 9.17) is 17.3 Å². The molecular formula is C17H14BrClN6O. The summed E-state index contributed by atoms with van der Waals surface area (Å²) >= 11 is 9.19. The van der Waals surface area contributed by atoms with Crippen molar-refractivity contribution in [1.29, 1.82) is 0 Å². The van der Waals surface area contributed by atoms with E-state index >= 15 is 0 Å². The predicted molar refractivity (Wildman–Crippen MR) is 106 cm³/mol. The molecule has 0 fully saturated rings. The zero-order valence-electron chi connectivity index (χ0n) is 13.3. The molecule has 0 aliphatic heterocycles. The minimum Gasteiger partial charge on any atom is -0.393 e. The number of hydrazine groups is 1. The summed E-state index contributed by atoms with van der Waals surface area (Å²) in [4.78, 5) is 20.3. The smallest absolute Gasteiger partial charge is 0.269 e. The summed E-state index contributed by atoms with van der Waals surface area (Å²) < 4.78 is 0.889. The van der Waals surface area contributed by atoms with Gasteiger partial charge in [-0.3, -0.25) is 15.6 Å². The lowest BCUT2D eigenvalue weighted by molar-refractivity contribution is 0.0962. The van der Waals surface area contributed by atoms with Gasteiger partial charge >= 0.3 is 0 Å². The van der Waals surface area contributed by atoms with Crippen molar-refractivity contribution >= 4 is 56.4 Å². The Morgan fingerprint density at radius 3 is 2.35 bits per heavy atom. The molecule has 0 saturated carbocycles. The summed E-state index contributed by atoms with van der Waals surface area (Å²) in [6, 6.07) is 14.0. The van der Waals surface area contributed by atoms with Gasteiger partial charge in [0.1, 0.15) is 12.0 Å². The van der Waals surface area contributed by atoms with Crippen LogP contribution in [-0.4, -0.2) is 15.9 Å². The Hall–Kier alpha value is -2.84. The van der Waals surface area contributed by atoms with Crippen LogP contribution in [0.1, 0.15) is 10.4 Å². The Bertz CT molecular complexity index is 918. The van der Waals surface area contributed by atoms with E-state index in [9.17, 15) is 4.79 Å². The van der Waals surface area contributed by atoms with Gasteiger partial charge < -0.3 is 11.1 Å². The van der Waals surface area contributed by atoms with Crippen molar-refractivity contribution in [3.8, 4) is 0 Å². The maximum absolute atomic E-state index is 12.1. The fourth-order valence-corrected chi connectivity index (χ4v) is 2.44. The highest BCUT2D eigenvalue weighted by molar-refractivity contribution is 9.10. The summed E-state index contributed by atoms with van der Waals surface area (Å²) in [5, 5.41) is 3.70. The van der Waals surface area contributed by atoms with Crippen molar-refractivity contribution in [2.75, 3.05) is 16.5 Å². The molecule has 0 spiro atoms. The lowest BCUT2D eigenvalue weighted by atomic mass is 10.2. The van der Waals surface area contributed by atoms with E-state index in [-0.39, 0.29) is 17.4 Å². The Kier molecular flexibility index (Phi) is 5.55. The summed E-state index contributed by atoms with van der Waals surface area (Å²) in [6.07, 6.45) is 1.34. The van der Waals surface area contributed by atoms with Gasteiger partial charge in [0.15, 0.2) is 11.6 Å². The number of benzene rings is 2. The number of nitrogens with zero attached hydrogens (tertiary/aromatic N) is 2. The Balaban J connectivity index is 1.69. The van der Waals surface area contributed by atoms with Crippen LogP contribution in [0.2, 0.25) is 5.02 Å². The first-order chi connectivity index (χ1) is 12.5. The maximum Gasteiger partial charge on any atom is 0.269 e. The number of rotatable bonds is 5. The minimum absolute atomic E-state index is 0.263. The van der Waals surface area contributed by atoms with Gasteiger partial charge in [0.05, 0.1) is 0 Å². The molecule has 132 valence electrons. The topological polar surface area (TPSA) is 105 Å². The van der Waals surface area contributed by atoms with Gasteiger partial charge in [-0.1, -0.05) is 27.5 Å². The molecule has 1 heterocycles. The summed E-state index contributed by atoms with van der Waals surface area (Å²) in [6.45, 7) is 0. The van der Waals surface area contributed by atoms with Crippen LogP contribution >= 0.6 is 27.5 Å². The number of nitrogen functional groups attached to an aromatic ring is 1. The van der Waals surface area contributed by atoms with Crippen molar-refractivity contribution < 1.29 is 4.79 Å². The van der Waals surface area contributed by atoms with Crippen molar-refractivity contribution in [1.82, 2.24) is 15.4 Å². The van der Waals surface area contributed by atoms with Gasteiger partial charge in [-0.2, -0.15) is 0 Å². The third-order valence-electron chi connectivity index (χ3n) is 3.39. The molecule has 0 atom stereocenters. The molecule has 0 aliphatic carbocycles. The second-order valence-electron chi connectivity index (χ2n) is 5.20. The summed E-state index contributed by atoms with van der Waals surface area (Å²) in [5.74, 6) is 0.368. The monoisotopic (exact) mass is 432 g/mol. The van der Waals surface area contributed by atoms with E-state index in [0.29, 0.717) is 16.4 Å². The summed E-state index contributed by atoms with van der Waals surface area (Å²) in [5.41, 5.74) is 12.9. The number of hydrogen-bond acceptors (Lipinski definition) is 6. The van der Waals surface area contributed by atoms with Crippen LogP contribution in [-0.2, 0) is 0 Å². The molecule has 0 bridgehead atoms. The van der Waals surface area contributed by atoms with Crippen LogP contribution in [0.25, 0.3) is 0 Å². The first kappa shape index (κ1) is 18.0. The quantitative estimate of drug-likeness (QED) is 0.454. The number of carbonyl (C=O) groups is 1. The van der Waals surface area contributed by atoms with Crippen LogP contribution in [0.4, 0.5) is 23.0 Å². The zero-order chi connectivity index (χ0) is 18.5. The van der Waals surface area contributed by atoms with E-state index in [1.54, 1.807) is 48.5 Å². The highest BCUT2D eigenvalue weighted by Gasteiger charge is 2.10. The normalized spacial score (nSPS) is 10.2. The molecule has 0 aliphatic rings. The van der Waals surface area contributed by atoms with E-state index in [1.165, 1.54) is 6.33 Å². The van der Waals surface area contributed by atoms with E-state index in [1.807, 2.05) is 0 Å². The fourth-order valence-electron chi connectivity index (χ4n) is 2.05. The number of aromatic nitrogens is 2. The van der Waals surface area contributed by atoms with E-state index in [0.717, 1.165) is 10.2 Å². The number of carbonyl (C=O) groups excluding carboxylic acids is 1. The molecule has 0 saturated heterocycles. The Morgan fingerprint density at radius 2 is 1.65 bits per heavy atom. The maximum atomic E-state index is 12.1. The largest absolute Gasteiger partial charge is 0.393 e. The van der Waals surface area contributed by atoms with Crippen LogP contribution in [0.3, 0.4) is 0 Å². The van der Waals surface area contributed by atoms with Gasteiger partial charge in [-0.25, -0.2) is 9.97 Å². The van der Waals surface area contributed by atoms with Crippen LogP contribution < -0.4 is 21.9 Å². The molecule has 26 heavy (non-hydrogen) atoms. The number of nitrogens with one attached hydrogen (secondary N) is 3. The van der Waals surface area contributed by atoms with Crippen LogP contribution in [0.15, 0.2) is 59.3 Å². The van der Waals surface area contributed by atoms with Gasteiger partial charge in [-0.15, -0.1) is 0 Å². The van der Waals surface area contributed by atoms with Crippen molar-refractivity contribution in [3.63, 3.8) is 0 Å².